The van der Waals surface area contributed by atoms with Gasteiger partial charge in [-0.15, -0.1) is 0 Å². The topological polar surface area (TPSA) is 91.7 Å². The van der Waals surface area contributed by atoms with Crippen LogP contribution in [0.25, 0.3) is 0 Å². The molecule has 0 atom stereocenters. The Morgan fingerprint density at radius 2 is 1.33 bits per heavy atom. The van der Waals surface area contributed by atoms with Crippen molar-refractivity contribution < 1.29 is 24.4 Å². The molecule has 0 aliphatic heterocycles. The molecule has 0 spiro atoms. The molecule has 1 radical (unpaired) electrons. The monoisotopic (exact) mass is 193 g/mol. The van der Waals surface area contributed by atoms with Crippen LogP contribution in [0.5, 0.6) is 0 Å². The molecule has 0 aromatic carbocycles. The minimum atomic E-state index is -1.66. The van der Waals surface area contributed by atoms with E-state index in [0.29, 0.717) is 0 Å². The highest BCUT2D eigenvalue weighted by molar-refractivity contribution is 7.44. The van der Waals surface area contributed by atoms with E-state index in [0.717, 1.165) is 0 Å². The summed E-state index contributed by atoms with van der Waals surface area (Å²) in [5, 5.41) is 16.4. The van der Waals surface area contributed by atoms with Crippen molar-refractivity contribution in [3.63, 3.8) is 0 Å². The zero-order chi connectivity index (χ0) is 9.56. The molecule has 6 heteroatoms. The fourth-order valence-corrected chi connectivity index (χ4v) is 1.66. The molecule has 0 aromatic rings. The summed E-state index contributed by atoms with van der Waals surface area (Å²) >= 11 is 0. The maximum Gasteiger partial charge on any atom is 0.304 e. The number of hydrogen-bond acceptors (Lipinski definition) is 3. The third kappa shape index (κ3) is 7.15. The smallest absolute Gasteiger partial charge is 0.304 e. The lowest BCUT2D eigenvalue weighted by Gasteiger charge is -1.95. The van der Waals surface area contributed by atoms with Crippen LogP contribution in [-0.2, 0) is 14.2 Å². The third-order valence-corrected chi connectivity index (χ3v) is 2.59. The van der Waals surface area contributed by atoms with Gasteiger partial charge in [0.05, 0.1) is 20.6 Å². The van der Waals surface area contributed by atoms with Gasteiger partial charge in [0.1, 0.15) is 0 Å². The molecule has 0 amide bonds. The van der Waals surface area contributed by atoms with Gasteiger partial charge in [-0.3, -0.25) is 14.2 Å². The Kier molecular flexibility index (Phi) is 5.21. The molecule has 2 N–H and O–H groups in total. The standard InChI is InChI=1S/C6H10O5P/c7-5(8)1-3-12(11)4-2-6(9)10/h1-4H2,(H,7,8)(H,9,10). The molecule has 0 fully saturated rings. The molecule has 0 aliphatic carbocycles. The van der Waals surface area contributed by atoms with Gasteiger partial charge in [-0.1, -0.05) is 0 Å². The van der Waals surface area contributed by atoms with Gasteiger partial charge in [0.2, 0.25) is 0 Å². The average molecular weight is 193 g/mol. The molecule has 0 rings (SSSR count). The van der Waals surface area contributed by atoms with Gasteiger partial charge in [0.15, 0.2) is 0 Å². The van der Waals surface area contributed by atoms with E-state index >= 15 is 0 Å². The Morgan fingerprint density at radius 3 is 1.58 bits per heavy atom. The van der Waals surface area contributed by atoms with Crippen molar-refractivity contribution in [1.29, 1.82) is 0 Å². The van der Waals surface area contributed by atoms with Crippen LogP contribution in [0.4, 0.5) is 0 Å². The number of carboxylic acids is 2. The predicted molar refractivity (Wildman–Crippen MR) is 41.8 cm³/mol. The second-order valence-corrected chi connectivity index (χ2v) is 4.07. The van der Waals surface area contributed by atoms with Crippen LogP contribution in [0.15, 0.2) is 0 Å². The van der Waals surface area contributed by atoms with Gasteiger partial charge >= 0.3 is 11.9 Å². The Labute approximate surface area is 70.2 Å². The molecular weight excluding hydrogens is 183 g/mol. The third-order valence-electron chi connectivity index (χ3n) is 1.15. The molecular formula is C6H10O5P. The molecule has 5 nitrogen and oxygen atoms in total. The minimum absolute atomic E-state index is 0.0674. The Morgan fingerprint density at radius 1 is 1.00 bits per heavy atom. The summed E-state index contributed by atoms with van der Waals surface area (Å²) in [4.78, 5) is 20.0. The maximum absolute atomic E-state index is 10.9. The Hall–Kier alpha value is -0.960. The summed E-state index contributed by atoms with van der Waals surface area (Å²) in [7, 11) is -1.66. The summed E-state index contributed by atoms with van der Waals surface area (Å²) in [5.74, 6) is -2.01. The van der Waals surface area contributed by atoms with Crippen LogP contribution in [0.3, 0.4) is 0 Å². The van der Waals surface area contributed by atoms with Gasteiger partial charge in [-0.05, 0) is 0 Å². The zero-order valence-electron chi connectivity index (χ0n) is 6.39. The first-order valence-corrected chi connectivity index (χ1v) is 5.01. The van der Waals surface area contributed by atoms with Gasteiger partial charge in [0, 0.05) is 12.3 Å². The van der Waals surface area contributed by atoms with Crippen LogP contribution < -0.4 is 0 Å². The molecule has 0 heterocycles. The molecule has 0 saturated heterocycles. The number of hydrogen-bond donors (Lipinski definition) is 2. The fraction of sp³-hybridized carbons (Fsp3) is 0.667. The van der Waals surface area contributed by atoms with Crippen molar-refractivity contribution in [2.45, 2.75) is 12.8 Å². The van der Waals surface area contributed by atoms with Gasteiger partial charge < -0.3 is 10.2 Å². The second-order valence-electron chi connectivity index (χ2n) is 2.22. The largest absolute Gasteiger partial charge is 0.481 e. The summed E-state index contributed by atoms with van der Waals surface area (Å²) < 4.78 is 10.9. The van der Waals surface area contributed by atoms with Crippen LogP contribution in [0, 0.1) is 0 Å². The lowest BCUT2D eigenvalue weighted by Crippen LogP contribution is -2.00. The van der Waals surface area contributed by atoms with E-state index < -0.39 is 19.7 Å². The van der Waals surface area contributed by atoms with Crippen molar-refractivity contribution in [1.82, 2.24) is 0 Å². The first-order valence-electron chi connectivity index (χ1n) is 3.38. The van der Waals surface area contributed by atoms with E-state index in [1.54, 1.807) is 0 Å². The number of rotatable bonds is 6. The highest BCUT2D eigenvalue weighted by Gasteiger charge is 2.06. The number of aliphatic carboxylic acids is 2. The van der Waals surface area contributed by atoms with Crippen LogP contribution >= 0.6 is 7.80 Å². The Bertz CT molecular complexity index is 180. The fourth-order valence-electron chi connectivity index (χ4n) is 0.552. The highest BCUT2D eigenvalue weighted by atomic mass is 31.1. The van der Waals surface area contributed by atoms with Gasteiger partial charge in [0.25, 0.3) is 0 Å². The highest BCUT2D eigenvalue weighted by Crippen LogP contribution is 2.21. The predicted octanol–water partition coefficient (Wildman–Crippen LogP) is 0.763. The van der Waals surface area contributed by atoms with Crippen molar-refractivity contribution in [3.05, 3.63) is 0 Å². The second kappa shape index (κ2) is 5.66. The van der Waals surface area contributed by atoms with Gasteiger partial charge in [-0.2, -0.15) is 0 Å². The quantitative estimate of drug-likeness (QED) is 0.607. The molecule has 0 bridgehead atoms. The zero-order valence-corrected chi connectivity index (χ0v) is 7.29. The van der Waals surface area contributed by atoms with Crippen LogP contribution in [-0.4, -0.2) is 34.5 Å². The lowest BCUT2D eigenvalue weighted by molar-refractivity contribution is -0.137. The normalized spacial score (nSPS) is 9.33. The lowest BCUT2D eigenvalue weighted by atomic mass is 10.5. The van der Waals surface area contributed by atoms with E-state index in [1.807, 2.05) is 0 Å². The maximum atomic E-state index is 10.9. The number of carbonyl (C=O) groups is 2. The van der Waals surface area contributed by atoms with Gasteiger partial charge in [-0.25, -0.2) is 0 Å². The van der Waals surface area contributed by atoms with Crippen LogP contribution in [0.2, 0.25) is 0 Å². The van der Waals surface area contributed by atoms with E-state index in [4.69, 9.17) is 10.2 Å². The molecule has 0 aromatic heterocycles. The molecule has 0 aliphatic rings. The average Bonchev–Trinajstić information content (AvgIpc) is 1.96. The van der Waals surface area contributed by atoms with Crippen molar-refractivity contribution in [2.24, 2.45) is 0 Å². The van der Waals surface area contributed by atoms with E-state index in [1.165, 1.54) is 0 Å². The van der Waals surface area contributed by atoms with Crippen molar-refractivity contribution in [2.75, 3.05) is 12.3 Å². The van der Waals surface area contributed by atoms with E-state index in [-0.39, 0.29) is 25.2 Å². The summed E-state index contributed by atoms with van der Waals surface area (Å²) in [6.45, 7) is 0. The van der Waals surface area contributed by atoms with Crippen molar-refractivity contribution in [3.8, 4) is 0 Å². The molecule has 0 unspecified atom stereocenters. The number of carboxylic acid groups (broad SMARTS) is 2. The first-order chi connectivity index (χ1) is 5.52. The Balaban J connectivity index is 3.47. The van der Waals surface area contributed by atoms with Crippen molar-refractivity contribution >= 4 is 19.7 Å². The van der Waals surface area contributed by atoms with E-state index in [2.05, 4.69) is 0 Å². The minimum Gasteiger partial charge on any atom is -0.481 e. The summed E-state index contributed by atoms with van der Waals surface area (Å²) in [6.07, 6.45) is -0.181. The van der Waals surface area contributed by atoms with E-state index in [9.17, 15) is 14.2 Å². The first kappa shape index (κ1) is 11.0. The molecule has 69 valence electrons. The summed E-state index contributed by atoms with van der Waals surface area (Å²) in [6, 6.07) is 0. The van der Waals surface area contributed by atoms with Crippen LogP contribution in [0.1, 0.15) is 12.8 Å². The molecule has 0 saturated carbocycles. The molecule has 12 heavy (non-hydrogen) atoms. The SMILES string of the molecule is O=C(O)CC[P](=O)CCC(=O)O. The summed E-state index contributed by atoms with van der Waals surface area (Å²) in [5.41, 5.74) is 0.